The van der Waals surface area contributed by atoms with Gasteiger partial charge in [0, 0.05) is 6.42 Å². The molecule has 0 aliphatic carbocycles. The predicted molar refractivity (Wildman–Crippen MR) is 63.1 cm³/mol. The van der Waals surface area contributed by atoms with Crippen LogP contribution in [0.4, 0.5) is 10.3 Å². The van der Waals surface area contributed by atoms with E-state index in [1.807, 2.05) is 0 Å². The molecular weight excluding hydrogens is 257 g/mol. The maximum Gasteiger partial charge on any atom is 0.280 e. The lowest BCUT2D eigenvalue weighted by Gasteiger charge is -2.14. The van der Waals surface area contributed by atoms with Crippen molar-refractivity contribution in [1.82, 2.24) is 19.5 Å². The van der Waals surface area contributed by atoms with E-state index in [0.717, 1.165) is 0 Å². The van der Waals surface area contributed by atoms with Gasteiger partial charge in [0.15, 0.2) is 16.8 Å². The van der Waals surface area contributed by atoms with Crippen molar-refractivity contribution >= 4 is 17.1 Å². The lowest BCUT2D eigenvalue weighted by atomic mass is 10.1. The van der Waals surface area contributed by atoms with E-state index in [-0.39, 0.29) is 30.1 Å². The Morgan fingerprint density at radius 3 is 3.21 bits per heavy atom. The van der Waals surface area contributed by atoms with Crippen molar-refractivity contribution < 1.29 is 14.2 Å². The summed E-state index contributed by atoms with van der Waals surface area (Å²) in [7, 11) is 0. The van der Waals surface area contributed by atoms with Gasteiger partial charge in [0.05, 0.1) is 19.5 Å². The van der Waals surface area contributed by atoms with Crippen LogP contribution >= 0.6 is 0 Å². The van der Waals surface area contributed by atoms with Gasteiger partial charge in [-0.2, -0.15) is 4.98 Å². The van der Waals surface area contributed by atoms with Gasteiger partial charge in [0.25, 0.3) is 5.56 Å². The topological polar surface area (TPSA) is 119 Å². The zero-order chi connectivity index (χ0) is 13.6. The van der Waals surface area contributed by atoms with E-state index in [1.54, 1.807) is 0 Å². The summed E-state index contributed by atoms with van der Waals surface area (Å²) in [4.78, 5) is 21.8. The zero-order valence-corrected chi connectivity index (χ0v) is 9.84. The molecule has 1 aliphatic heterocycles. The molecule has 0 aromatic carbocycles. The largest absolute Gasteiger partial charge is 0.393 e. The first-order valence-electron chi connectivity index (χ1n) is 5.66. The summed E-state index contributed by atoms with van der Waals surface area (Å²) in [5, 5.41) is 8.97. The monoisotopic (exact) mass is 269 g/mol. The second-order valence-electron chi connectivity index (χ2n) is 4.55. The lowest BCUT2D eigenvalue weighted by Crippen LogP contribution is -2.27. The minimum absolute atomic E-state index is 0.0383. The third-order valence-electron chi connectivity index (χ3n) is 3.12. The molecule has 102 valence electrons. The van der Waals surface area contributed by atoms with Crippen molar-refractivity contribution in [2.75, 3.05) is 18.9 Å². The second kappa shape index (κ2) is 4.00. The molecule has 2 aromatic heterocycles. The Balaban J connectivity index is 2.05. The number of aromatic amines is 1. The minimum Gasteiger partial charge on any atom is -0.393 e. The predicted octanol–water partition coefficient (Wildman–Crippen LogP) is -0.679. The Morgan fingerprint density at radius 1 is 1.74 bits per heavy atom. The van der Waals surface area contributed by atoms with Gasteiger partial charge in [-0.3, -0.25) is 14.3 Å². The first kappa shape index (κ1) is 12.1. The normalized spacial score (nSPS) is 27.2. The number of halogens is 1. The van der Waals surface area contributed by atoms with E-state index in [2.05, 4.69) is 15.0 Å². The summed E-state index contributed by atoms with van der Waals surface area (Å²) >= 11 is 0. The van der Waals surface area contributed by atoms with Gasteiger partial charge < -0.3 is 15.6 Å². The van der Waals surface area contributed by atoms with Crippen molar-refractivity contribution in [2.24, 2.45) is 0 Å². The van der Waals surface area contributed by atoms with E-state index >= 15 is 0 Å². The molecule has 0 bridgehead atoms. The number of aromatic nitrogens is 4. The number of nitrogens with zero attached hydrogens (tertiary/aromatic N) is 3. The van der Waals surface area contributed by atoms with Crippen LogP contribution in [0, 0.1) is 0 Å². The van der Waals surface area contributed by atoms with Crippen LogP contribution in [0.2, 0.25) is 0 Å². The molecule has 9 heteroatoms. The molecule has 1 saturated heterocycles. The molecule has 3 rings (SSSR count). The van der Waals surface area contributed by atoms with Crippen LogP contribution in [0.3, 0.4) is 0 Å². The fourth-order valence-electron chi connectivity index (χ4n) is 2.12. The SMILES string of the molecule is Nc1nc2c(ncn2C2CC(F)(CO)CO2)c(=O)[nH]1. The highest BCUT2D eigenvalue weighted by atomic mass is 19.1. The fraction of sp³-hybridized carbons (Fsp3) is 0.500. The zero-order valence-electron chi connectivity index (χ0n) is 9.84. The van der Waals surface area contributed by atoms with Crippen LogP contribution in [-0.4, -0.2) is 43.5 Å². The Kier molecular flexibility index (Phi) is 2.54. The average Bonchev–Trinajstić information content (AvgIpc) is 2.94. The molecule has 0 spiro atoms. The van der Waals surface area contributed by atoms with Crippen molar-refractivity contribution in [3.63, 3.8) is 0 Å². The van der Waals surface area contributed by atoms with Crippen LogP contribution in [0.1, 0.15) is 12.6 Å². The van der Waals surface area contributed by atoms with Crippen LogP contribution < -0.4 is 11.3 Å². The van der Waals surface area contributed by atoms with Crippen molar-refractivity contribution in [1.29, 1.82) is 0 Å². The molecule has 2 unspecified atom stereocenters. The van der Waals surface area contributed by atoms with E-state index < -0.39 is 24.1 Å². The van der Waals surface area contributed by atoms with Crippen LogP contribution in [0.5, 0.6) is 0 Å². The van der Waals surface area contributed by atoms with E-state index in [4.69, 9.17) is 15.6 Å². The number of ether oxygens (including phenoxy) is 1. The number of imidazole rings is 1. The molecule has 8 nitrogen and oxygen atoms in total. The molecule has 1 fully saturated rings. The summed E-state index contributed by atoms with van der Waals surface area (Å²) in [6, 6.07) is 0. The number of nitrogen functional groups attached to an aromatic ring is 1. The van der Waals surface area contributed by atoms with Crippen LogP contribution in [0.25, 0.3) is 11.2 Å². The summed E-state index contributed by atoms with van der Waals surface area (Å²) < 4.78 is 20.6. The fourth-order valence-corrected chi connectivity index (χ4v) is 2.12. The number of aliphatic hydroxyl groups excluding tert-OH is 1. The first-order valence-corrected chi connectivity index (χ1v) is 5.66. The van der Waals surface area contributed by atoms with Crippen molar-refractivity contribution in [2.45, 2.75) is 18.3 Å². The summed E-state index contributed by atoms with van der Waals surface area (Å²) in [6.45, 7) is -0.835. The highest BCUT2D eigenvalue weighted by molar-refractivity contribution is 5.70. The smallest absolute Gasteiger partial charge is 0.280 e. The number of aliphatic hydroxyl groups is 1. The van der Waals surface area contributed by atoms with Gasteiger partial charge >= 0.3 is 0 Å². The van der Waals surface area contributed by atoms with Crippen LogP contribution in [-0.2, 0) is 4.74 Å². The molecule has 2 atom stereocenters. The number of anilines is 1. The molecule has 3 heterocycles. The first-order chi connectivity index (χ1) is 9.02. The van der Waals surface area contributed by atoms with Gasteiger partial charge in [-0.15, -0.1) is 0 Å². The standard InChI is InChI=1S/C10H12FN5O3/c11-10(2-17)1-5(19-3-10)16-4-13-6-7(16)14-9(12)15-8(6)18/h4-5,17H,1-3H2,(H3,12,14,15,18). The third-order valence-corrected chi connectivity index (χ3v) is 3.12. The molecule has 4 N–H and O–H groups in total. The molecule has 2 aromatic rings. The molecule has 0 amide bonds. The maximum atomic E-state index is 13.9. The summed E-state index contributed by atoms with van der Waals surface area (Å²) in [6.07, 6.45) is 0.638. The number of fused-ring (bicyclic) bond motifs is 1. The van der Waals surface area contributed by atoms with Crippen LogP contribution in [0.15, 0.2) is 11.1 Å². The number of hydrogen-bond donors (Lipinski definition) is 3. The number of H-pyrrole nitrogens is 1. The Bertz CT molecular complexity index is 683. The van der Waals surface area contributed by atoms with Gasteiger partial charge in [0.1, 0.15) is 6.23 Å². The van der Waals surface area contributed by atoms with E-state index in [9.17, 15) is 9.18 Å². The Morgan fingerprint density at radius 2 is 2.53 bits per heavy atom. The minimum atomic E-state index is -1.78. The lowest BCUT2D eigenvalue weighted by molar-refractivity contribution is 0.0302. The molecule has 0 radical (unpaired) electrons. The molecule has 0 saturated carbocycles. The second-order valence-corrected chi connectivity index (χ2v) is 4.55. The molecule has 19 heavy (non-hydrogen) atoms. The van der Waals surface area contributed by atoms with Gasteiger partial charge in [-0.05, 0) is 0 Å². The number of hydrogen-bond acceptors (Lipinski definition) is 6. The van der Waals surface area contributed by atoms with E-state index in [1.165, 1.54) is 10.9 Å². The number of nitrogens with one attached hydrogen (secondary N) is 1. The quantitative estimate of drug-likeness (QED) is 0.664. The van der Waals surface area contributed by atoms with Crippen molar-refractivity contribution in [3.8, 4) is 0 Å². The van der Waals surface area contributed by atoms with Gasteiger partial charge in [-0.1, -0.05) is 0 Å². The Labute approximate surface area is 106 Å². The Hall–Kier alpha value is -2.00. The molecule has 1 aliphatic rings. The highest BCUT2D eigenvalue weighted by Crippen LogP contribution is 2.34. The summed E-state index contributed by atoms with van der Waals surface area (Å²) in [5.74, 6) is -0.0501. The van der Waals surface area contributed by atoms with E-state index in [0.29, 0.717) is 0 Å². The van der Waals surface area contributed by atoms with Gasteiger partial charge in [-0.25, -0.2) is 9.37 Å². The average molecular weight is 269 g/mol. The summed E-state index contributed by atoms with van der Waals surface area (Å²) in [5.41, 5.74) is 3.56. The van der Waals surface area contributed by atoms with Crippen molar-refractivity contribution in [3.05, 3.63) is 16.7 Å². The third kappa shape index (κ3) is 1.87. The number of alkyl halides is 1. The maximum absolute atomic E-state index is 13.9. The van der Waals surface area contributed by atoms with Gasteiger partial charge in [0.2, 0.25) is 5.95 Å². The number of nitrogens with two attached hydrogens (primary N) is 1. The molecular formula is C10H12FN5O3. The highest BCUT2D eigenvalue weighted by Gasteiger charge is 2.41. The number of rotatable bonds is 2.